The molecule has 0 aliphatic carbocycles. The summed E-state index contributed by atoms with van der Waals surface area (Å²) in [6, 6.07) is 13.6. The molecular weight excluding hydrogens is 388 g/mol. The molecule has 3 rings (SSSR count). The van der Waals surface area contributed by atoms with Crippen LogP contribution in [0.1, 0.15) is 22.8 Å². The van der Waals surface area contributed by atoms with Crippen molar-refractivity contribution in [2.45, 2.75) is 19.5 Å². The Kier molecular flexibility index (Phi) is 7.36. The third-order valence-electron chi connectivity index (χ3n) is 5.28. The summed E-state index contributed by atoms with van der Waals surface area (Å²) in [6.45, 7) is 7.48. The predicted molar refractivity (Wildman–Crippen MR) is 118 cm³/mol. The van der Waals surface area contributed by atoms with E-state index < -0.39 is 0 Å². The van der Waals surface area contributed by atoms with E-state index in [-0.39, 0.29) is 11.9 Å². The highest BCUT2D eigenvalue weighted by Crippen LogP contribution is 2.29. The van der Waals surface area contributed by atoms with Crippen molar-refractivity contribution in [1.82, 2.24) is 15.1 Å². The number of nitrogens with two attached hydrogens (primary N) is 1. The first-order valence-electron chi connectivity index (χ1n) is 9.92. The number of benzene rings is 2. The van der Waals surface area contributed by atoms with Crippen molar-refractivity contribution in [3.05, 3.63) is 58.6 Å². The minimum absolute atomic E-state index is 0.00491. The number of nitrogen functional groups attached to an aromatic ring is 1. The van der Waals surface area contributed by atoms with Crippen LogP contribution in [0.4, 0.5) is 5.69 Å². The van der Waals surface area contributed by atoms with Gasteiger partial charge < -0.3 is 20.7 Å². The van der Waals surface area contributed by atoms with Crippen molar-refractivity contribution in [3.8, 4) is 5.75 Å². The summed E-state index contributed by atoms with van der Waals surface area (Å²) in [7, 11) is 1.52. The molecule has 0 radical (unpaired) electrons. The van der Waals surface area contributed by atoms with Crippen LogP contribution in [0.2, 0.25) is 5.02 Å². The number of amides is 1. The molecule has 0 saturated carbocycles. The highest BCUT2D eigenvalue weighted by atomic mass is 35.5. The number of likely N-dealkylation sites (N-methyl/N-ethyl adjacent to an activating group) is 1. The average Bonchev–Trinajstić information content (AvgIpc) is 2.92. The van der Waals surface area contributed by atoms with Gasteiger partial charge in [-0.15, -0.1) is 0 Å². The lowest BCUT2D eigenvalue weighted by Gasteiger charge is -2.25. The Bertz CT molecular complexity index is 831. The number of methoxy groups -OCH3 is 1. The van der Waals surface area contributed by atoms with Crippen LogP contribution in [0, 0.1) is 0 Å². The monoisotopic (exact) mass is 416 g/mol. The standard InChI is InChI=1S/C22H29ClN4O2/c1-3-26-9-10-27(13-16-7-5-4-6-8-16)15-17(14-26)25-22(28)18-11-19(23)20(24)12-21(18)29-2/h4-8,11-12,17H,3,9-10,13-15,24H2,1-2H3,(H,25,28). The highest BCUT2D eigenvalue weighted by molar-refractivity contribution is 6.33. The zero-order valence-electron chi connectivity index (χ0n) is 17.0. The molecular formula is C22H29ClN4O2. The molecule has 1 aliphatic heterocycles. The van der Waals surface area contributed by atoms with E-state index in [1.807, 2.05) is 6.07 Å². The SMILES string of the molecule is CCN1CCN(Cc2ccccc2)CC(NC(=O)c2cc(Cl)c(N)cc2OC)C1. The van der Waals surface area contributed by atoms with Crippen LogP contribution < -0.4 is 15.8 Å². The van der Waals surface area contributed by atoms with Gasteiger partial charge in [-0.25, -0.2) is 0 Å². The maximum absolute atomic E-state index is 13.0. The normalized spacial score (nSPS) is 18.2. The molecule has 1 atom stereocenters. The Labute approximate surface area is 177 Å². The summed E-state index contributed by atoms with van der Waals surface area (Å²) in [4.78, 5) is 17.8. The summed E-state index contributed by atoms with van der Waals surface area (Å²) < 4.78 is 5.34. The summed E-state index contributed by atoms with van der Waals surface area (Å²) in [5.41, 5.74) is 7.90. The van der Waals surface area contributed by atoms with Gasteiger partial charge in [0, 0.05) is 38.8 Å². The fourth-order valence-electron chi connectivity index (χ4n) is 3.69. The van der Waals surface area contributed by atoms with E-state index in [4.69, 9.17) is 22.1 Å². The average molecular weight is 417 g/mol. The van der Waals surface area contributed by atoms with Crippen LogP contribution in [-0.2, 0) is 6.54 Å². The third-order valence-corrected chi connectivity index (χ3v) is 5.61. The Hall–Kier alpha value is -2.28. The predicted octanol–water partition coefficient (Wildman–Crippen LogP) is 2.87. The number of hydrogen-bond donors (Lipinski definition) is 2. The van der Waals surface area contributed by atoms with E-state index in [0.717, 1.165) is 39.3 Å². The van der Waals surface area contributed by atoms with Crippen LogP contribution in [0.3, 0.4) is 0 Å². The lowest BCUT2D eigenvalue weighted by molar-refractivity contribution is 0.0919. The zero-order chi connectivity index (χ0) is 20.8. The molecule has 1 saturated heterocycles. The van der Waals surface area contributed by atoms with Crippen molar-refractivity contribution >= 4 is 23.2 Å². The van der Waals surface area contributed by atoms with Gasteiger partial charge in [-0.1, -0.05) is 48.9 Å². The number of halogens is 1. The minimum Gasteiger partial charge on any atom is -0.496 e. The largest absolute Gasteiger partial charge is 0.496 e. The number of anilines is 1. The van der Waals surface area contributed by atoms with Gasteiger partial charge in [-0.3, -0.25) is 9.69 Å². The number of rotatable bonds is 6. The van der Waals surface area contributed by atoms with Crippen molar-refractivity contribution in [1.29, 1.82) is 0 Å². The van der Waals surface area contributed by atoms with Crippen LogP contribution in [-0.4, -0.2) is 61.6 Å². The molecule has 2 aromatic carbocycles. The maximum Gasteiger partial charge on any atom is 0.255 e. The number of hydrogen-bond acceptors (Lipinski definition) is 5. The number of nitrogens with one attached hydrogen (secondary N) is 1. The van der Waals surface area contributed by atoms with Gasteiger partial charge in [0.15, 0.2) is 0 Å². The second kappa shape index (κ2) is 9.96. The molecule has 1 fully saturated rings. The van der Waals surface area contributed by atoms with Gasteiger partial charge in [-0.05, 0) is 18.2 Å². The second-order valence-electron chi connectivity index (χ2n) is 7.36. The van der Waals surface area contributed by atoms with E-state index >= 15 is 0 Å². The zero-order valence-corrected chi connectivity index (χ0v) is 17.8. The topological polar surface area (TPSA) is 70.8 Å². The summed E-state index contributed by atoms with van der Waals surface area (Å²) in [5, 5.41) is 3.52. The second-order valence-corrected chi connectivity index (χ2v) is 7.77. The Balaban J connectivity index is 1.74. The highest BCUT2D eigenvalue weighted by Gasteiger charge is 2.25. The van der Waals surface area contributed by atoms with Crippen LogP contribution in [0.15, 0.2) is 42.5 Å². The van der Waals surface area contributed by atoms with Crippen LogP contribution in [0.25, 0.3) is 0 Å². The molecule has 3 N–H and O–H groups in total. The van der Waals surface area contributed by atoms with Crippen LogP contribution >= 0.6 is 11.6 Å². The van der Waals surface area contributed by atoms with E-state index in [2.05, 4.69) is 46.3 Å². The first-order chi connectivity index (χ1) is 14.0. The molecule has 156 valence electrons. The first kappa shape index (κ1) is 21.4. The molecule has 0 spiro atoms. The fraction of sp³-hybridized carbons (Fsp3) is 0.409. The molecule has 1 amide bonds. The molecule has 1 unspecified atom stereocenters. The first-order valence-corrected chi connectivity index (χ1v) is 10.3. The van der Waals surface area contributed by atoms with Crippen molar-refractivity contribution in [2.24, 2.45) is 0 Å². The molecule has 29 heavy (non-hydrogen) atoms. The lowest BCUT2D eigenvalue weighted by atomic mass is 10.1. The third kappa shape index (κ3) is 5.63. The number of nitrogens with zero attached hydrogens (tertiary/aromatic N) is 2. The van der Waals surface area contributed by atoms with E-state index in [1.165, 1.54) is 12.7 Å². The summed E-state index contributed by atoms with van der Waals surface area (Å²) in [5.74, 6) is 0.220. The molecule has 7 heteroatoms. The Morgan fingerprint density at radius 2 is 1.90 bits per heavy atom. The van der Waals surface area contributed by atoms with E-state index in [1.54, 1.807) is 12.1 Å². The van der Waals surface area contributed by atoms with Crippen LogP contribution in [0.5, 0.6) is 5.75 Å². The molecule has 1 heterocycles. The quantitative estimate of drug-likeness (QED) is 0.708. The van der Waals surface area contributed by atoms with Crippen molar-refractivity contribution in [3.63, 3.8) is 0 Å². The number of carbonyl (C=O) groups is 1. The Morgan fingerprint density at radius 3 is 2.59 bits per heavy atom. The van der Waals surface area contributed by atoms with Gasteiger partial charge in [0.1, 0.15) is 5.75 Å². The van der Waals surface area contributed by atoms with E-state index in [9.17, 15) is 4.79 Å². The number of ether oxygens (including phenoxy) is 1. The fourth-order valence-corrected chi connectivity index (χ4v) is 3.85. The lowest BCUT2D eigenvalue weighted by Crippen LogP contribution is -2.46. The molecule has 0 aromatic heterocycles. The van der Waals surface area contributed by atoms with Crippen molar-refractivity contribution < 1.29 is 9.53 Å². The number of carbonyl (C=O) groups excluding carboxylic acids is 1. The molecule has 1 aliphatic rings. The van der Waals surface area contributed by atoms with Gasteiger partial charge >= 0.3 is 0 Å². The van der Waals surface area contributed by atoms with E-state index in [0.29, 0.717) is 22.0 Å². The molecule has 6 nitrogen and oxygen atoms in total. The molecule has 2 aromatic rings. The minimum atomic E-state index is -0.202. The van der Waals surface area contributed by atoms with Gasteiger partial charge in [0.05, 0.1) is 29.4 Å². The maximum atomic E-state index is 13.0. The summed E-state index contributed by atoms with van der Waals surface area (Å²) >= 11 is 6.14. The Morgan fingerprint density at radius 1 is 1.21 bits per heavy atom. The van der Waals surface area contributed by atoms with Gasteiger partial charge in [0.25, 0.3) is 5.91 Å². The van der Waals surface area contributed by atoms with Gasteiger partial charge in [0.2, 0.25) is 0 Å². The smallest absolute Gasteiger partial charge is 0.255 e. The van der Waals surface area contributed by atoms with Crippen molar-refractivity contribution in [2.75, 3.05) is 45.6 Å². The molecule has 0 bridgehead atoms. The summed E-state index contributed by atoms with van der Waals surface area (Å²) in [6.07, 6.45) is 0. The van der Waals surface area contributed by atoms with Gasteiger partial charge in [-0.2, -0.15) is 0 Å².